The Morgan fingerprint density at radius 3 is 1.64 bits per heavy atom. The van der Waals surface area contributed by atoms with E-state index in [1.54, 1.807) is 0 Å². The molecule has 2 aromatic rings. The van der Waals surface area contributed by atoms with E-state index in [9.17, 15) is 0 Å². The van der Waals surface area contributed by atoms with Crippen LogP contribution in [0.15, 0.2) is 60.7 Å². The minimum atomic E-state index is -3.66. The molecule has 0 radical (unpaired) electrons. The van der Waals surface area contributed by atoms with Crippen molar-refractivity contribution in [2.75, 3.05) is 0 Å². The summed E-state index contributed by atoms with van der Waals surface area (Å²) in [5.74, 6) is 0.676. The van der Waals surface area contributed by atoms with Gasteiger partial charge in [0.2, 0.25) is 0 Å². The monoisotopic (exact) mass is 549 g/mol. The summed E-state index contributed by atoms with van der Waals surface area (Å²) in [5.41, 5.74) is 2.46. The molecule has 0 amide bonds. The topological polar surface area (TPSA) is 47.6 Å². The highest BCUT2D eigenvalue weighted by Crippen LogP contribution is 2.74. The summed E-state index contributed by atoms with van der Waals surface area (Å²) in [6, 6.07) is 20.6. The maximum absolute atomic E-state index is 15.6. The first-order chi connectivity index (χ1) is 18.4. The molecule has 8 atom stereocenters. The number of fused-ring (bicyclic) bond motifs is 4. The SMILES string of the molecule is CC1(C)[C@H]2CC[C@@]1(C)[C@H](OP(=O)(O[C@H]1C[C@H]3CC[C@@]1(C)C3(C)C)[C@H](NCc1ccccc1)c1ccccc1)C2. The molecular formula is C34H48NO3P. The number of hydrogen-bond donors (Lipinski definition) is 1. The third-order valence-corrected chi connectivity index (χ3v) is 15.0. The minimum Gasteiger partial charge on any atom is -0.303 e. The number of nitrogens with one attached hydrogen (secondary N) is 1. The van der Waals surface area contributed by atoms with Crippen molar-refractivity contribution in [3.05, 3.63) is 71.8 Å². The van der Waals surface area contributed by atoms with E-state index in [1.165, 1.54) is 12.8 Å². The fourth-order valence-corrected chi connectivity index (χ4v) is 11.4. The average Bonchev–Trinajstić information content (AvgIpc) is 3.42. The molecule has 1 N–H and O–H groups in total. The largest absolute Gasteiger partial charge is 0.352 e. The summed E-state index contributed by atoms with van der Waals surface area (Å²) < 4.78 is 29.7. The molecule has 212 valence electrons. The van der Waals surface area contributed by atoms with Gasteiger partial charge in [-0.25, -0.2) is 0 Å². The van der Waals surface area contributed by atoms with E-state index in [0.29, 0.717) is 18.4 Å². The van der Waals surface area contributed by atoms with Crippen LogP contribution in [0, 0.1) is 33.5 Å². The second-order valence-corrected chi connectivity index (χ2v) is 16.6. The summed E-state index contributed by atoms with van der Waals surface area (Å²) in [5, 5.41) is 3.68. The Kier molecular flexibility index (Phi) is 6.78. The van der Waals surface area contributed by atoms with E-state index in [0.717, 1.165) is 36.8 Å². The normalized spacial score (nSPS) is 38.1. The Hall–Kier alpha value is -1.45. The molecule has 4 saturated carbocycles. The smallest absolute Gasteiger partial charge is 0.303 e. The van der Waals surface area contributed by atoms with Crippen LogP contribution in [0.25, 0.3) is 0 Å². The van der Waals surface area contributed by atoms with Crippen molar-refractivity contribution in [2.24, 2.45) is 33.5 Å². The molecule has 2 aromatic carbocycles. The lowest BCUT2D eigenvalue weighted by Gasteiger charge is -2.44. The van der Waals surface area contributed by atoms with Crippen LogP contribution in [-0.4, -0.2) is 12.2 Å². The lowest BCUT2D eigenvalue weighted by molar-refractivity contribution is -0.0174. The Labute approximate surface area is 236 Å². The molecule has 0 aliphatic heterocycles. The van der Waals surface area contributed by atoms with Crippen LogP contribution >= 0.6 is 7.60 Å². The third-order valence-electron chi connectivity index (χ3n) is 12.8. The number of benzene rings is 2. The van der Waals surface area contributed by atoms with Crippen molar-refractivity contribution < 1.29 is 13.6 Å². The predicted molar refractivity (Wildman–Crippen MR) is 158 cm³/mol. The third kappa shape index (κ3) is 4.23. The molecule has 4 aliphatic carbocycles. The van der Waals surface area contributed by atoms with Gasteiger partial charge in [0.25, 0.3) is 0 Å². The van der Waals surface area contributed by atoms with Crippen molar-refractivity contribution in [1.29, 1.82) is 0 Å². The van der Waals surface area contributed by atoms with Crippen molar-refractivity contribution in [3.63, 3.8) is 0 Å². The van der Waals surface area contributed by atoms with Crippen LogP contribution in [0.3, 0.4) is 0 Å². The number of hydrogen-bond acceptors (Lipinski definition) is 4. The highest BCUT2D eigenvalue weighted by Gasteiger charge is 2.66. The van der Waals surface area contributed by atoms with E-state index in [2.05, 4.69) is 83.3 Å². The lowest BCUT2D eigenvalue weighted by Crippen LogP contribution is -2.40. The van der Waals surface area contributed by atoms with Gasteiger partial charge in [0.05, 0.1) is 12.2 Å². The zero-order valence-corrected chi connectivity index (χ0v) is 25.7. The second-order valence-electron chi connectivity index (χ2n) is 14.6. The van der Waals surface area contributed by atoms with Gasteiger partial charge in [-0.15, -0.1) is 0 Å². The highest BCUT2D eigenvalue weighted by atomic mass is 31.2. The molecule has 4 fully saturated rings. The molecule has 0 saturated heterocycles. The quantitative estimate of drug-likeness (QED) is 0.317. The van der Waals surface area contributed by atoms with E-state index in [4.69, 9.17) is 9.05 Å². The molecule has 1 unspecified atom stereocenters. The first-order valence-corrected chi connectivity index (χ1v) is 16.8. The molecule has 0 spiro atoms. The summed E-state index contributed by atoms with van der Waals surface area (Å²) in [6.07, 6.45) is 6.51. The predicted octanol–water partition coefficient (Wildman–Crippen LogP) is 9.13. The van der Waals surface area contributed by atoms with Crippen molar-refractivity contribution >= 4 is 7.60 Å². The average molecular weight is 550 g/mol. The zero-order chi connectivity index (χ0) is 27.7. The van der Waals surface area contributed by atoms with Gasteiger partial charge < -0.3 is 9.05 Å². The molecule has 4 bridgehead atoms. The molecule has 5 heteroatoms. The molecule has 6 rings (SSSR count). The van der Waals surface area contributed by atoms with Gasteiger partial charge in [-0.05, 0) is 83.1 Å². The highest BCUT2D eigenvalue weighted by molar-refractivity contribution is 7.54. The van der Waals surface area contributed by atoms with Crippen molar-refractivity contribution in [2.45, 2.75) is 105 Å². The van der Waals surface area contributed by atoms with Crippen LogP contribution in [0.4, 0.5) is 0 Å². The molecule has 39 heavy (non-hydrogen) atoms. The summed E-state index contributed by atoms with van der Waals surface area (Å²) in [4.78, 5) is 0. The van der Waals surface area contributed by atoms with E-state index in [-0.39, 0.29) is 33.9 Å². The Balaban J connectivity index is 1.38. The van der Waals surface area contributed by atoms with Crippen molar-refractivity contribution in [3.8, 4) is 0 Å². The van der Waals surface area contributed by atoms with Crippen LogP contribution in [0.2, 0.25) is 0 Å². The van der Waals surface area contributed by atoms with Gasteiger partial charge >= 0.3 is 7.60 Å². The Morgan fingerprint density at radius 1 is 0.769 bits per heavy atom. The van der Waals surface area contributed by atoms with Gasteiger partial charge in [0.1, 0.15) is 5.78 Å². The first kappa shape index (κ1) is 27.7. The van der Waals surface area contributed by atoms with Crippen LogP contribution in [0.1, 0.15) is 97.0 Å². The van der Waals surface area contributed by atoms with Crippen LogP contribution in [0.5, 0.6) is 0 Å². The molecular weight excluding hydrogens is 501 g/mol. The fourth-order valence-electron chi connectivity index (χ4n) is 8.94. The fraction of sp³-hybridized carbons (Fsp3) is 0.647. The summed E-state index contributed by atoms with van der Waals surface area (Å²) in [7, 11) is -3.66. The van der Waals surface area contributed by atoms with Crippen LogP contribution in [-0.2, 0) is 20.2 Å². The van der Waals surface area contributed by atoms with Crippen molar-refractivity contribution in [1.82, 2.24) is 5.32 Å². The molecule has 4 aliphatic rings. The second kappa shape index (κ2) is 9.55. The van der Waals surface area contributed by atoms with E-state index in [1.807, 2.05) is 24.3 Å². The maximum atomic E-state index is 15.6. The van der Waals surface area contributed by atoms with Gasteiger partial charge in [-0.2, -0.15) is 0 Å². The molecule has 4 nitrogen and oxygen atoms in total. The van der Waals surface area contributed by atoms with Gasteiger partial charge in [0.15, 0.2) is 0 Å². The van der Waals surface area contributed by atoms with Crippen LogP contribution < -0.4 is 5.32 Å². The van der Waals surface area contributed by atoms with Gasteiger partial charge in [-0.1, -0.05) is 102 Å². The summed E-state index contributed by atoms with van der Waals surface area (Å²) in [6.45, 7) is 14.9. The van der Waals surface area contributed by atoms with Gasteiger partial charge in [-0.3, -0.25) is 9.88 Å². The van der Waals surface area contributed by atoms with E-state index >= 15 is 4.57 Å². The zero-order valence-electron chi connectivity index (χ0n) is 24.8. The molecule has 0 heterocycles. The maximum Gasteiger partial charge on any atom is 0.352 e. The lowest BCUT2D eigenvalue weighted by atomic mass is 9.70. The summed E-state index contributed by atoms with van der Waals surface area (Å²) >= 11 is 0. The number of rotatable bonds is 9. The Bertz CT molecular complexity index is 1180. The minimum absolute atomic E-state index is 0.00475. The Morgan fingerprint density at radius 2 is 1.23 bits per heavy atom. The molecule has 0 aromatic heterocycles. The van der Waals surface area contributed by atoms with Gasteiger partial charge in [0, 0.05) is 6.54 Å². The van der Waals surface area contributed by atoms with E-state index < -0.39 is 13.4 Å². The first-order valence-electron chi connectivity index (χ1n) is 15.2. The standard InChI is InChI=1S/C34H48NO3P/c1-31(2)26-17-19-33(31,5)28(21-26)37-39(36,38-29-22-27-18-20-34(29,6)32(27,3)4)30(25-15-11-8-12-16-25)35-23-24-13-9-7-10-14-24/h7-16,26-30,35H,17-23H2,1-6H3/t26-,27+,28+,29-,30-,33-,34+,39?/m0/s1.